The van der Waals surface area contributed by atoms with Gasteiger partial charge in [0.1, 0.15) is 0 Å². The second-order valence-corrected chi connectivity index (χ2v) is 16.4. The zero-order valence-corrected chi connectivity index (χ0v) is 33.6. The molecule has 2 heterocycles. The summed E-state index contributed by atoms with van der Waals surface area (Å²) < 4.78 is 5.94. The molecule has 0 saturated carbocycles. The lowest BCUT2D eigenvalue weighted by atomic mass is 9.92. The molecule has 0 unspecified atom stereocenters. The number of nitrogens with zero attached hydrogens (tertiary/aromatic N) is 2. The van der Waals surface area contributed by atoms with E-state index in [4.69, 9.17) is 0 Å². The highest BCUT2D eigenvalue weighted by atomic mass is 79.9. The maximum absolute atomic E-state index is 3.67. The fourth-order valence-electron chi connectivity index (χ4n) is 9.40. The molecule has 3 heteroatoms. The quantitative estimate of drug-likeness (QED) is 0.164. The van der Waals surface area contributed by atoms with Gasteiger partial charge in [-0.15, -0.1) is 0 Å². The van der Waals surface area contributed by atoms with Crippen molar-refractivity contribution in [2.24, 2.45) is 0 Å². The van der Waals surface area contributed by atoms with Gasteiger partial charge >= 0.3 is 0 Å². The van der Waals surface area contributed by atoms with E-state index in [1.165, 1.54) is 110 Å². The van der Waals surface area contributed by atoms with E-state index < -0.39 is 0 Å². The van der Waals surface area contributed by atoms with Gasteiger partial charge in [0, 0.05) is 36.8 Å². The lowest BCUT2D eigenvalue weighted by Crippen LogP contribution is -1.95. The van der Waals surface area contributed by atoms with Crippen molar-refractivity contribution in [2.45, 2.75) is 0 Å². The van der Waals surface area contributed by atoms with Crippen molar-refractivity contribution >= 4 is 81.1 Å². The summed E-state index contributed by atoms with van der Waals surface area (Å²) in [6.45, 7) is 0. The minimum absolute atomic E-state index is 1.07. The first kappa shape index (κ1) is 33.9. The van der Waals surface area contributed by atoms with E-state index in [9.17, 15) is 0 Å². The van der Waals surface area contributed by atoms with Crippen LogP contribution in [0, 0.1) is 0 Å². The molecule has 0 atom stereocenters. The number of fused-ring (bicyclic) bond motifs is 8. The van der Waals surface area contributed by atoms with Crippen LogP contribution in [0.5, 0.6) is 0 Å². The summed E-state index contributed by atoms with van der Waals surface area (Å²) >= 11 is 3.67. The highest BCUT2D eigenvalue weighted by Crippen LogP contribution is 2.41. The number of hydrogen-bond donors (Lipinski definition) is 0. The monoisotopic (exact) mass is 814 g/mol. The van der Waals surface area contributed by atoms with E-state index >= 15 is 0 Å². The summed E-state index contributed by atoms with van der Waals surface area (Å²) in [4.78, 5) is 0. The van der Waals surface area contributed by atoms with Gasteiger partial charge in [-0.25, -0.2) is 0 Å². The molecule has 0 spiro atoms. The van der Waals surface area contributed by atoms with Gasteiger partial charge in [-0.05, 0) is 123 Å². The fourth-order valence-corrected chi connectivity index (χ4v) is 9.66. The summed E-state index contributed by atoms with van der Waals surface area (Å²) in [6, 6.07) is 77.9. The average molecular weight is 816 g/mol. The molecule has 0 saturated heterocycles. The van der Waals surface area contributed by atoms with Crippen LogP contribution in [0.3, 0.4) is 0 Å². The maximum atomic E-state index is 3.67. The Morgan fingerprint density at radius 3 is 1.12 bits per heavy atom. The first-order chi connectivity index (χ1) is 29.2. The highest BCUT2D eigenvalue weighted by molar-refractivity contribution is 9.10. The molecule has 0 fully saturated rings. The minimum Gasteiger partial charge on any atom is -0.309 e. The first-order valence-corrected chi connectivity index (χ1v) is 20.9. The van der Waals surface area contributed by atoms with Gasteiger partial charge in [-0.2, -0.15) is 0 Å². The lowest BCUT2D eigenvalue weighted by Gasteiger charge is -2.14. The van der Waals surface area contributed by atoms with Crippen molar-refractivity contribution in [1.82, 2.24) is 9.13 Å². The van der Waals surface area contributed by atoms with E-state index in [0.29, 0.717) is 0 Å². The number of aromatic nitrogens is 2. The molecule has 276 valence electrons. The molecule has 0 aliphatic heterocycles. The van der Waals surface area contributed by atoms with Gasteiger partial charge in [0.25, 0.3) is 0 Å². The number of hydrogen-bond acceptors (Lipinski definition) is 0. The van der Waals surface area contributed by atoms with Crippen LogP contribution >= 0.6 is 15.9 Å². The van der Waals surface area contributed by atoms with Crippen LogP contribution in [-0.4, -0.2) is 9.13 Å². The molecular formula is C56H35BrN2. The normalized spacial score (nSPS) is 11.8. The van der Waals surface area contributed by atoms with Crippen LogP contribution in [0.25, 0.3) is 110 Å². The smallest absolute Gasteiger partial charge is 0.0541 e. The molecule has 12 aromatic rings. The molecule has 0 aliphatic carbocycles. The molecule has 0 amide bonds. The van der Waals surface area contributed by atoms with Crippen molar-refractivity contribution < 1.29 is 0 Å². The van der Waals surface area contributed by atoms with Crippen molar-refractivity contribution in [3.63, 3.8) is 0 Å². The van der Waals surface area contributed by atoms with Crippen molar-refractivity contribution in [2.75, 3.05) is 0 Å². The minimum atomic E-state index is 1.07. The summed E-state index contributed by atoms with van der Waals surface area (Å²) in [5, 5.41) is 9.93. The average Bonchev–Trinajstić information content (AvgIpc) is 3.81. The number of para-hydroxylation sites is 2. The molecule has 0 bridgehead atoms. The molecule has 59 heavy (non-hydrogen) atoms. The van der Waals surface area contributed by atoms with Gasteiger partial charge in [0.2, 0.25) is 0 Å². The van der Waals surface area contributed by atoms with E-state index in [1.807, 2.05) is 0 Å². The van der Waals surface area contributed by atoms with Crippen molar-refractivity contribution in [3.8, 4) is 44.8 Å². The maximum Gasteiger partial charge on any atom is 0.0541 e. The Morgan fingerprint density at radius 2 is 0.627 bits per heavy atom. The zero-order valence-electron chi connectivity index (χ0n) is 32.0. The number of rotatable bonds is 5. The van der Waals surface area contributed by atoms with Crippen molar-refractivity contribution in [3.05, 3.63) is 217 Å². The third kappa shape index (κ3) is 5.46. The molecule has 0 radical (unpaired) electrons. The Morgan fingerprint density at radius 1 is 0.254 bits per heavy atom. The predicted octanol–water partition coefficient (Wildman–Crippen LogP) is 16.0. The van der Waals surface area contributed by atoms with Crippen LogP contribution in [0.2, 0.25) is 0 Å². The van der Waals surface area contributed by atoms with Crippen LogP contribution < -0.4 is 0 Å². The summed E-state index contributed by atoms with van der Waals surface area (Å²) in [5.74, 6) is 0. The number of halogens is 1. The number of benzene rings is 10. The second kappa shape index (κ2) is 13.4. The summed E-state index contributed by atoms with van der Waals surface area (Å²) in [6.07, 6.45) is 0. The van der Waals surface area contributed by atoms with Gasteiger partial charge < -0.3 is 9.13 Å². The van der Waals surface area contributed by atoms with Gasteiger partial charge in [0.15, 0.2) is 0 Å². The Labute approximate surface area is 350 Å². The van der Waals surface area contributed by atoms with Crippen molar-refractivity contribution in [1.29, 1.82) is 0 Å². The zero-order chi connectivity index (χ0) is 39.0. The topological polar surface area (TPSA) is 9.86 Å². The van der Waals surface area contributed by atoms with E-state index in [1.54, 1.807) is 0 Å². The third-order valence-corrected chi connectivity index (χ3v) is 12.7. The van der Waals surface area contributed by atoms with Crippen LogP contribution in [0.15, 0.2) is 217 Å². The SMILES string of the molecule is Brc1ccc(-c2cc(-c3ccc4c(c3)c3ccccc3n4-c3cccc4ccccc34)cc(-c3ccc4c(c3)c3ccccc3n4-c3cccc4ccccc34)c2)cc1. The largest absolute Gasteiger partial charge is 0.309 e. The van der Waals surface area contributed by atoms with Crippen LogP contribution in [0.4, 0.5) is 0 Å². The third-order valence-electron chi connectivity index (χ3n) is 12.1. The van der Waals surface area contributed by atoms with E-state index in [0.717, 1.165) is 4.47 Å². The standard InChI is InChI=1S/C56H35BrN2/c57-44-27-23-36(24-28-44)41-31-42(39-25-29-55-49(34-39)47-17-5-7-19-53(47)58(55)51-21-9-13-37-11-1-3-15-45(37)51)33-43(32-41)40-26-30-56-50(35-40)48-18-6-8-20-54(48)59(56)52-22-10-14-38-12-2-4-16-46(38)52/h1-35H. The molecule has 2 nitrogen and oxygen atoms in total. The molecule has 12 rings (SSSR count). The highest BCUT2D eigenvalue weighted by Gasteiger charge is 2.18. The Bertz CT molecular complexity index is 3400. The first-order valence-electron chi connectivity index (χ1n) is 20.1. The molecule has 10 aromatic carbocycles. The van der Waals surface area contributed by atoms with Gasteiger partial charge in [-0.1, -0.05) is 149 Å². The lowest BCUT2D eigenvalue weighted by molar-refractivity contribution is 1.20. The molecule has 0 N–H and O–H groups in total. The fraction of sp³-hybridized carbons (Fsp3) is 0. The molecule has 2 aromatic heterocycles. The predicted molar refractivity (Wildman–Crippen MR) is 254 cm³/mol. The van der Waals surface area contributed by atoms with Gasteiger partial charge in [-0.3, -0.25) is 0 Å². The second-order valence-electron chi connectivity index (χ2n) is 15.5. The van der Waals surface area contributed by atoms with E-state index in [2.05, 4.69) is 237 Å². The Hall–Kier alpha value is -7.20. The van der Waals surface area contributed by atoms with Crippen LogP contribution in [-0.2, 0) is 0 Å². The van der Waals surface area contributed by atoms with Crippen LogP contribution in [0.1, 0.15) is 0 Å². The Balaban J connectivity index is 1.06. The summed E-state index contributed by atoms with van der Waals surface area (Å²) in [5.41, 5.74) is 14.3. The van der Waals surface area contributed by atoms with E-state index in [-0.39, 0.29) is 0 Å². The molecule has 0 aliphatic rings. The summed E-state index contributed by atoms with van der Waals surface area (Å²) in [7, 11) is 0. The molecular weight excluding hydrogens is 781 g/mol. The van der Waals surface area contributed by atoms with Gasteiger partial charge in [0.05, 0.1) is 33.4 Å². The Kier molecular flexibility index (Phi) is 7.72.